The van der Waals surface area contributed by atoms with E-state index in [0.29, 0.717) is 11.4 Å². The van der Waals surface area contributed by atoms with Crippen molar-refractivity contribution in [2.24, 2.45) is 0 Å². The number of hydrogen-bond donors (Lipinski definition) is 0. The van der Waals surface area contributed by atoms with Gasteiger partial charge >= 0.3 is 5.97 Å². The number of aryl methyl sites for hydroxylation is 1. The second kappa shape index (κ2) is 4.66. The minimum absolute atomic E-state index is 0.0383. The van der Waals surface area contributed by atoms with E-state index in [9.17, 15) is 4.79 Å². The minimum Gasteiger partial charge on any atom is -0.469 e. The zero-order valence-electron chi connectivity index (χ0n) is 9.37. The molecule has 1 rings (SSSR count). The van der Waals surface area contributed by atoms with Crippen molar-refractivity contribution >= 4 is 17.6 Å². The van der Waals surface area contributed by atoms with E-state index in [1.54, 1.807) is 4.68 Å². The van der Waals surface area contributed by atoms with Crippen LogP contribution < -0.4 is 0 Å². The molecule has 0 aliphatic rings. The molecule has 84 valence electrons. The Morgan fingerprint density at radius 3 is 2.60 bits per heavy atom. The van der Waals surface area contributed by atoms with Crippen LogP contribution in [0.2, 0.25) is 5.02 Å². The molecule has 15 heavy (non-hydrogen) atoms. The van der Waals surface area contributed by atoms with Crippen LogP contribution in [0, 0.1) is 13.8 Å². The van der Waals surface area contributed by atoms with Gasteiger partial charge in [0.2, 0.25) is 0 Å². The van der Waals surface area contributed by atoms with Gasteiger partial charge in [0.15, 0.2) is 0 Å². The third-order valence-electron chi connectivity index (χ3n) is 2.34. The second-order valence-corrected chi connectivity index (χ2v) is 3.94. The quantitative estimate of drug-likeness (QED) is 0.749. The average molecular weight is 231 g/mol. The molecule has 1 heterocycles. The molecule has 1 aromatic rings. The predicted molar refractivity (Wildman–Crippen MR) is 58.1 cm³/mol. The Hall–Kier alpha value is -1.03. The number of carbonyl (C=O) groups excluding carboxylic acids is 1. The molecule has 1 unspecified atom stereocenters. The van der Waals surface area contributed by atoms with Crippen molar-refractivity contribution in [2.45, 2.75) is 33.2 Å². The van der Waals surface area contributed by atoms with E-state index in [2.05, 4.69) is 9.84 Å². The summed E-state index contributed by atoms with van der Waals surface area (Å²) in [6, 6.07) is -0.0383. The maximum absolute atomic E-state index is 11.1. The maximum Gasteiger partial charge on any atom is 0.307 e. The van der Waals surface area contributed by atoms with Crippen LogP contribution in [0.25, 0.3) is 0 Å². The smallest absolute Gasteiger partial charge is 0.307 e. The van der Waals surface area contributed by atoms with Crippen molar-refractivity contribution < 1.29 is 9.53 Å². The summed E-state index contributed by atoms with van der Waals surface area (Å²) in [6.07, 6.45) is 0.300. The lowest BCUT2D eigenvalue weighted by Gasteiger charge is -2.12. The first-order valence-electron chi connectivity index (χ1n) is 4.75. The van der Waals surface area contributed by atoms with E-state index in [-0.39, 0.29) is 12.0 Å². The third-order valence-corrected chi connectivity index (χ3v) is 2.89. The summed E-state index contributed by atoms with van der Waals surface area (Å²) >= 11 is 6.01. The average Bonchev–Trinajstić information content (AvgIpc) is 2.45. The summed E-state index contributed by atoms with van der Waals surface area (Å²) in [7, 11) is 1.38. The molecule has 0 aliphatic carbocycles. The van der Waals surface area contributed by atoms with Gasteiger partial charge in [-0.3, -0.25) is 9.48 Å². The van der Waals surface area contributed by atoms with Gasteiger partial charge in [-0.05, 0) is 20.8 Å². The lowest BCUT2D eigenvalue weighted by atomic mass is 10.2. The monoisotopic (exact) mass is 230 g/mol. The second-order valence-electron chi connectivity index (χ2n) is 3.56. The molecule has 5 heteroatoms. The van der Waals surface area contributed by atoms with E-state index < -0.39 is 0 Å². The number of rotatable bonds is 3. The highest BCUT2D eigenvalue weighted by Crippen LogP contribution is 2.23. The molecule has 0 fully saturated rings. The van der Waals surface area contributed by atoms with Gasteiger partial charge in [-0.1, -0.05) is 11.6 Å². The van der Waals surface area contributed by atoms with Gasteiger partial charge in [0.05, 0.1) is 36.0 Å². The summed E-state index contributed by atoms with van der Waals surface area (Å²) in [4.78, 5) is 11.1. The number of methoxy groups -OCH3 is 1. The number of nitrogens with zero attached hydrogens (tertiary/aromatic N) is 2. The Balaban J connectivity index is 2.87. The Kier molecular flexibility index (Phi) is 3.74. The van der Waals surface area contributed by atoms with Crippen molar-refractivity contribution in [2.75, 3.05) is 7.11 Å². The Morgan fingerprint density at radius 2 is 2.20 bits per heavy atom. The van der Waals surface area contributed by atoms with Gasteiger partial charge < -0.3 is 4.74 Å². The summed E-state index contributed by atoms with van der Waals surface area (Å²) in [5, 5.41) is 4.93. The van der Waals surface area contributed by atoms with Gasteiger partial charge in [0.25, 0.3) is 0 Å². The van der Waals surface area contributed by atoms with Crippen LogP contribution in [0.4, 0.5) is 0 Å². The molecule has 0 aromatic carbocycles. The molecular formula is C10H15ClN2O2. The highest BCUT2D eigenvalue weighted by atomic mass is 35.5. The Labute approximate surface area is 94.2 Å². The molecule has 1 aromatic heterocycles. The van der Waals surface area contributed by atoms with Crippen LogP contribution in [-0.4, -0.2) is 22.9 Å². The van der Waals surface area contributed by atoms with Crippen LogP contribution >= 0.6 is 11.6 Å². The van der Waals surface area contributed by atoms with Gasteiger partial charge in [-0.25, -0.2) is 0 Å². The molecular weight excluding hydrogens is 216 g/mol. The number of ether oxygens (including phenoxy) is 1. The highest BCUT2D eigenvalue weighted by molar-refractivity contribution is 6.31. The van der Waals surface area contributed by atoms with E-state index >= 15 is 0 Å². The molecule has 4 nitrogen and oxygen atoms in total. The van der Waals surface area contributed by atoms with Gasteiger partial charge in [0, 0.05) is 0 Å². The van der Waals surface area contributed by atoms with Crippen molar-refractivity contribution in [3.05, 3.63) is 16.4 Å². The Bertz CT molecular complexity index is 374. The van der Waals surface area contributed by atoms with Crippen LogP contribution in [0.15, 0.2) is 0 Å². The molecule has 0 radical (unpaired) electrons. The minimum atomic E-state index is -0.244. The Morgan fingerprint density at radius 1 is 1.60 bits per heavy atom. The van der Waals surface area contributed by atoms with E-state index in [0.717, 1.165) is 11.4 Å². The fourth-order valence-electron chi connectivity index (χ4n) is 1.48. The molecule has 0 spiro atoms. The van der Waals surface area contributed by atoms with Crippen LogP contribution in [0.5, 0.6) is 0 Å². The first-order chi connectivity index (χ1) is 6.97. The van der Waals surface area contributed by atoms with E-state index in [4.69, 9.17) is 11.6 Å². The lowest BCUT2D eigenvalue weighted by molar-refractivity contribution is -0.141. The van der Waals surface area contributed by atoms with Crippen molar-refractivity contribution in [1.29, 1.82) is 0 Å². The van der Waals surface area contributed by atoms with Gasteiger partial charge in [-0.15, -0.1) is 0 Å². The molecule has 0 N–H and O–H groups in total. The number of hydrogen-bond acceptors (Lipinski definition) is 3. The molecule has 0 amide bonds. The van der Waals surface area contributed by atoms with Crippen molar-refractivity contribution in [1.82, 2.24) is 9.78 Å². The molecule has 0 saturated heterocycles. The maximum atomic E-state index is 11.1. The zero-order valence-corrected chi connectivity index (χ0v) is 10.1. The molecule has 1 atom stereocenters. The van der Waals surface area contributed by atoms with E-state index in [1.807, 2.05) is 20.8 Å². The largest absolute Gasteiger partial charge is 0.469 e. The van der Waals surface area contributed by atoms with Crippen molar-refractivity contribution in [3.8, 4) is 0 Å². The number of carbonyl (C=O) groups is 1. The van der Waals surface area contributed by atoms with Gasteiger partial charge in [0.1, 0.15) is 0 Å². The lowest BCUT2D eigenvalue weighted by Crippen LogP contribution is -2.14. The van der Waals surface area contributed by atoms with Crippen LogP contribution in [0.1, 0.15) is 30.8 Å². The van der Waals surface area contributed by atoms with E-state index in [1.165, 1.54) is 7.11 Å². The first-order valence-corrected chi connectivity index (χ1v) is 5.13. The summed E-state index contributed by atoms with van der Waals surface area (Å²) < 4.78 is 6.36. The highest BCUT2D eigenvalue weighted by Gasteiger charge is 2.17. The van der Waals surface area contributed by atoms with Gasteiger partial charge in [-0.2, -0.15) is 5.10 Å². The number of halogens is 1. The predicted octanol–water partition coefficient (Wildman–Crippen LogP) is 2.28. The van der Waals surface area contributed by atoms with Crippen LogP contribution in [-0.2, 0) is 9.53 Å². The normalized spacial score (nSPS) is 12.6. The molecule has 0 aliphatic heterocycles. The standard InChI is InChI=1S/C10H15ClN2O2/c1-6(5-9(14)15-4)13-8(3)10(11)7(2)12-13/h6H,5H2,1-4H3. The SMILES string of the molecule is COC(=O)CC(C)n1nc(C)c(Cl)c1C. The van der Waals surface area contributed by atoms with Crippen LogP contribution in [0.3, 0.4) is 0 Å². The third kappa shape index (κ3) is 2.50. The zero-order chi connectivity index (χ0) is 11.6. The fourth-order valence-corrected chi connectivity index (χ4v) is 1.61. The summed E-state index contributed by atoms with van der Waals surface area (Å²) in [6.45, 7) is 5.64. The first kappa shape index (κ1) is 12.0. The summed E-state index contributed by atoms with van der Waals surface area (Å²) in [5.41, 5.74) is 1.66. The molecule has 0 saturated carbocycles. The number of esters is 1. The summed E-state index contributed by atoms with van der Waals surface area (Å²) in [5.74, 6) is -0.244. The number of aromatic nitrogens is 2. The fraction of sp³-hybridized carbons (Fsp3) is 0.600. The molecule has 0 bridgehead atoms. The van der Waals surface area contributed by atoms with Crippen molar-refractivity contribution in [3.63, 3.8) is 0 Å². The topological polar surface area (TPSA) is 44.1 Å².